The summed E-state index contributed by atoms with van der Waals surface area (Å²) in [7, 11) is 1.51. The molecule has 0 atom stereocenters. The van der Waals surface area contributed by atoms with E-state index in [-0.39, 0.29) is 13.1 Å². The van der Waals surface area contributed by atoms with Gasteiger partial charge in [0.2, 0.25) is 0 Å². The lowest BCUT2D eigenvalue weighted by Gasteiger charge is -2.11. The minimum absolute atomic E-state index is 0.00147. The molecule has 0 aliphatic rings. The standard InChI is InChI=1S/C11H14ClFN2O2/c1-17-10-8(3-2-4-9(10)12)7-15-11(16)14-6-5-13/h2-4H,5-7H2,1H3,(H2,14,15,16). The van der Waals surface area contributed by atoms with Crippen molar-refractivity contribution in [2.24, 2.45) is 0 Å². The molecule has 0 saturated carbocycles. The van der Waals surface area contributed by atoms with E-state index in [9.17, 15) is 9.18 Å². The van der Waals surface area contributed by atoms with Gasteiger partial charge in [0.25, 0.3) is 0 Å². The van der Waals surface area contributed by atoms with Crippen molar-refractivity contribution in [1.29, 1.82) is 0 Å². The van der Waals surface area contributed by atoms with Crippen LogP contribution >= 0.6 is 11.6 Å². The van der Waals surface area contributed by atoms with E-state index < -0.39 is 12.7 Å². The molecular formula is C11H14ClFN2O2. The molecule has 6 heteroatoms. The Hall–Kier alpha value is -1.49. The van der Waals surface area contributed by atoms with Gasteiger partial charge in [0, 0.05) is 18.7 Å². The minimum Gasteiger partial charge on any atom is -0.495 e. The van der Waals surface area contributed by atoms with E-state index in [1.165, 1.54) is 7.11 Å². The number of halogens is 2. The van der Waals surface area contributed by atoms with Gasteiger partial charge in [0.1, 0.15) is 12.4 Å². The number of benzene rings is 1. The van der Waals surface area contributed by atoms with E-state index in [1.807, 2.05) is 0 Å². The van der Waals surface area contributed by atoms with Crippen LogP contribution in [0.5, 0.6) is 5.75 Å². The number of carbonyl (C=O) groups excluding carboxylic acids is 1. The van der Waals surface area contributed by atoms with E-state index in [2.05, 4.69) is 10.6 Å². The SMILES string of the molecule is COc1c(Cl)cccc1CNC(=O)NCCF. The molecule has 94 valence electrons. The van der Waals surface area contributed by atoms with Crippen molar-refractivity contribution in [2.75, 3.05) is 20.3 Å². The fourth-order valence-corrected chi connectivity index (χ4v) is 1.59. The Balaban J connectivity index is 2.57. The topological polar surface area (TPSA) is 50.4 Å². The summed E-state index contributed by atoms with van der Waals surface area (Å²) in [5.41, 5.74) is 0.760. The van der Waals surface area contributed by atoms with Gasteiger partial charge in [0.15, 0.2) is 0 Å². The highest BCUT2D eigenvalue weighted by Gasteiger charge is 2.08. The monoisotopic (exact) mass is 260 g/mol. The van der Waals surface area contributed by atoms with Gasteiger partial charge in [-0.2, -0.15) is 0 Å². The fourth-order valence-electron chi connectivity index (χ4n) is 1.32. The number of rotatable bonds is 5. The van der Waals surface area contributed by atoms with Crippen LogP contribution in [0.4, 0.5) is 9.18 Å². The van der Waals surface area contributed by atoms with Crippen LogP contribution in [-0.2, 0) is 6.54 Å². The molecule has 1 aromatic rings. The van der Waals surface area contributed by atoms with Gasteiger partial charge in [0.05, 0.1) is 12.1 Å². The Bertz CT molecular complexity index is 388. The predicted molar refractivity (Wildman–Crippen MR) is 64.2 cm³/mol. The number of para-hydroxylation sites is 1. The molecule has 2 N–H and O–H groups in total. The summed E-state index contributed by atoms with van der Waals surface area (Å²) >= 11 is 5.93. The summed E-state index contributed by atoms with van der Waals surface area (Å²) in [6.45, 7) is -0.325. The highest BCUT2D eigenvalue weighted by Crippen LogP contribution is 2.27. The Morgan fingerprint density at radius 3 is 2.88 bits per heavy atom. The molecule has 0 fully saturated rings. The summed E-state index contributed by atoms with van der Waals surface area (Å²) in [4.78, 5) is 11.2. The molecule has 2 amide bonds. The van der Waals surface area contributed by atoms with Gasteiger partial charge in [-0.25, -0.2) is 9.18 Å². The Morgan fingerprint density at radius 2 is 2.24 bits per heavy atom. The molecule has 0 unspecified atom stereocenters. The van der Waals surface area contributed by atoms with Crippen molar-refractivity contribution in [3.8, 4) is 5.75 Å². The van der Waals surface area contributed by atoms with Gasteiger partial charge in [-0.05, 0) is 6.07 Å². The molecular weight excluding hydrogens is 247 g/mol. The number of carbonyl (C=O) groups is 1. The average Bonchev–Trinajstić information content (AvgIpc) is 2.33. The second kappa shape index (κ2) is 6.96. The second-order valence-electron chi connectivity index (χ2n) is 3.23. The van der Waals surface area contributed by atoms with Gasteiger partial charge in [-0.15, -0.1) is 0 Å². The third-order valence-corrected chi connectivity index (χ3v) is 2.37. The number of hydrogen-bond acceptors (Lipinski definition) is 2. The number of alkyl halides is 1. The lowest BCUT2D eigenvalue weighted by molar-refractivity contribution is 0.239. The van der Waals surface area contributed by atoms with Crippen LogP contribution in [0.2, 0.25) is 5.02 Å². The number of ether oxygens (including phenoxy) is 1. The number of urea groups is 1. The molecule has 0 saturated heterocycles. The summed E-state index contributed by atoms with van der Waals surface area (Å²) in [5, 5.41) is 5.42. The van der Waals surface area contributed by atoms with Crippen LogP contribution < -0.4 is 15.4 Å². The molecule has 17 heavy (non-hydrogen) atoms. The van der Waals surface area contributed by atoms with E-state index in [4.69, 9.17) is 16.3 Å². The average molecular weight is 261 g/mol. The van der Waals surface area contributed by atoms with E-state index in [0.29, 0.717) is 10.8 Å². The van der Waals surface area contributed by atoms with E-state index >= 15 is 0 Å². The molecule has 0 bridgehead atoms. The van der Waals surface area contributed by atoms with Crippen LogP contribution in [0.25, 0.3) is 0 Å². The summed E-state index contributed by atoms with van der Waals surface area (Å²) in [6, 6.07) is 4.83. The molecule has 0 aromatic heterocycles. The molecule has 1 aromatic carbocycles. The van der Waals surface area contributed by atoms with Crippen LogP contribution in [-0.4, -0.2) is 26.4 Å². The smallest absolute Gasteiger partial charge is 0.315 e. The predicted octanol–water partition coefficient (Wildman–Crippen LogP) is 2.12. The minimum atomic E-state index is -0.589. The van der Waals surface area contributed by atoms with Crippen molar-refractivity contribution in [3.05, 3.63) is 28.8 Å². The van der Waals surface area contributed by atoms with Crippen LogP contribution in [0.1, 0.15) is 5.56 Å². The zero-order chi connectivity index (χ0) is 12.7. The highest BCUT2D eigenvalue weighted by atomic mass is 35.5. The van der Waals surface area contributed by atoms with Gasteiger partial charge in [-0.1, -0.05) is 23.7 Å². The largest absolute Gasteiger partial charge is 0.495 e. The summed E-state index contributed by atoms with van der Waals surface area (Å²) in [6.07, 6.45) is 0. The number of nitrogens with one attached hydrogen (secondary N) is 2. The van der Waals surface area contributed by atoms with Crippen LogP contribution in [0.15, 0.2) is 18.2 Å². The van der Waals surface area contributed by atoms with Gasteiger partial charge < -0.3 is 15.4 Å². The molecule has 0 heterocycles. The van der Waals surface area contributed by atoms with Crippen molar-refractivity contribution < 1.29 is 13.9 Å². The first-order chi connectivity index (χ1) is 8.19. The quantitative estimate of drug-likeness (QED) is 0.852. The Labute approximate surface area is 104 Å². The third-order valence-electron chi connectivity index (χ3n) is 2.07. The second-order valence-corrected chi connectivity index (χ2v) is 3.64. The first kappa shape index (κ1) is 13.6. The van der Waals surface area contributed by atoms with Gasteiger partial charge in [-0.3, -0.25) is 0 Å². The maximum atomic E-state index is 11.8. The number of amides is 2. The maximum absolute atomic E-state index is 11.8. The van der Waals surface area contributed by atoms with Crippen LogP contribution in [0.3, 0.4) is 0 Å². The molecule has 1 rings (SSSR count). The zero-order valence-electron chi connectivity index (χ0n) is 9.43. The van der Waals surface area contributed by atoms with Gasteiger partial charge >= 0.3 is 6.03 Å². The van der Waals surface area contributed by atoms with Crippen LogP contribution in [0, 0.1) is 0 Å². The van der Waals surface area contributed by atoms with E-state index in [1.54, 1.807) is 18.2 Å². The fraction of sp³-hybridized carbons (Fsp3) is 0.364. The summed E-state index contributed by atoms with van der Waals surface area (Å²) in [5.74, 6) is 0.528. The first-order valence-electron chi connectivity index (χ1n) is 5.08. The molecule has 0 aliphatic carbocycles. The Morgan fingerprint density at radius 1 is 1.47 bits per heavy atom. The van der Waals surface area contributed by atoms with Crippen molar-refractivity contribution in [1.82, 2.24) is 10.6 Å². The number of hydrogen-bond donors (Lipinski definition) is 2. The summed E-state index contributed by atoms with van der Waals surface area (Å²) < 4.78 is 16.9. The van der Waals surface area contributed by atoms with Crippen molar-refractivity contribution >= 4 is 17.6 Å². The highest BCUT2D eigenvalue weighted by molar-refractivity contribution is 6.32. The third kappa shape index (κ3) is 4.11. The Kier molecular flexibility index (Phi) is 5.56. The molecule has 0 spiro atoms. The van der Waals surface area contributed by atoms with Crippen molar-refractivity contribution in [3.63, 3.8) is 0 Å². The maximum Gasteiger partial charge on any atom is 0.315 e. The molecule has 0 radical (unpaired) electrons. The van der Waals surface area contributed by atoms with Crippen molar-refractivity contribution in [2.45, 2.75) is 6.54 Å². The number of methoxy groups -OCH3 is 1. The molecule has 4 nitrogen and oxygen atoms in total. The van der Waals surface area contributed by atoms with E-state index in [0.717, 1.165) is 5.56 Å². The molecule has 0 aliphatic heterocycles. The normalized spacial score (nSPS) is 9.82. The lowest BCUT2D eigenvalue weighted by atomic mass is 10.2. The first-order valence-corrected chi connectivity index (χ1v) is 5.46. The zero-order valence-corrected chi connectivity index (χ0v) is 10.2. The lowest BCUT2D eigenvalue weighted by Crippen LogP contribution is -2.36.